The Kier molecular flexibility index (Phi) is 5.63. The molecule has 0 radical (unpaired) electrons. The third-order valence-electron chi connectivity index (χ3n) is 4.25. The molecule has 2 fully saturated rings. The van der Waals surface area contributed by atoms with Gasteiger partial charge in [-0.25, -0.2) is 0 Å². The van der Waals surface area contributed by atoms with Gasteiger partial charge in [-0.3, -0.25) is 4.90 Å². The molecule has 0 spiro atoms. The van der Waals surface area contributed by atoms with Gasteiger partial charge in [0.15, 0.2) is 0 Å². The van der Waals surface area contributed by atoms with Gasteiger partial charge in [-0.15, -0.1) is 0 Å². The number of morpholine rings is 1. The van der Waals surface area contributed by atoms with Crippen molar-refractivity contribution >= 4 is 0 Å². The first kappa shape index (κ1) is 15.2. The zero-order chi connectivity index (χ0) is 13.8. The van der Waals surface area contributed by atoms with Gasteiger partial charge < -0.3 is 14.6 Å². The Labute approximate surface area is 117 Å². The highest BCUT2D eigenvalue weighted by molar-refractivity contribution is 4.77. The van der Waals surface area contributed by atoms with E-state index in [1.54, 1.807) is 0 Å². The van der Waals surface area contributed by atoms with E-state index in [9.17, 15) is 5.11 Å². The molecule has 2 rings (SSSR count). The fourth-order valence-corrected chi connectivity index (χ4v) is 3.38. The minimum atomic E-state index is -0.384. The van der Waals surface area contributed by atoms with Gasteiger partial charge in [0.2, 0.25) is 0 Å². The lowest BCUT2D eigenvalue weighted by Gasteiger charge is -2.36. The van der Waals surface area contributed by atoms with Gasteiger partial charge >= 0.3 is 0 Å². The maximum absolute atomic E-state index is 10.1. The van der Waals surface area contributed by atoms with Crippen LogP contribution in [0.5, 0.6) is 0 Å². The average molecular weight is 271 g/mol. The second-order valence-corrected chi connectivity index (χ2v) is 6.41. The van der Waals surface area contributed by atoms with E-state index in [1.807, 2.05) is 0 Å². The molecule has 19 heavy (non-hydrogen) atoms. The Morgan fingerprint density at radius 1 is 1.21 bits per heavy atom. The molecule has 1 aliphatic heterocycles. The Balaban J connectivity index is 1.67. The van der Waals surface area contributed by atoms with Gasteiger partial charge in [0, 0.05) is 19.6 Å². The Bertz CT molecular complexity index is 264. The van der Waals surface area contributed by atoms with Gasteiger partial charge in [0.1, 0.15) is 0 Å². The second-order valence-electron chi connectivity index (χ2n) is 6.41. The molecule has 1 saturated heterocycles. The number of aliphatic hydroxyl groups excluding tert-OH is 1. The smallest absolute Gasteiger partial charge is 0.0900 e. The van der Waals surface area contributed by atoms with Crippen molar-refractivity contribution in [3.05, 3.63) is 0 Å². The van der Waals surface area contributed by atoms with Crippen molar-refractivity contribution in [3.63, 3.8) is 0 Å². The molecule has 1 heterocycles. The first-order chi connectivity index (χ1) is 9.04. The number of aliphatic hydroxyl groups is 1. The van der Waals surface area contributed by atoms with Crippen LogP contribution >= 0.6 is 0 Å². The molecule has 1 saturated carbocycles. The number of ether oxygens (including phenoxy) is 2. The molecule has 0 aromatic carbocycles. The summed E-state index contributed by atoms with van der Waals surface area (Å²) in [7, 11) is 0. The van der Waals surface area contributed by atoms with Crippen LogP contribution in [0.1, 0.15) is 40.0 Å². The quantitative estimate of drug-likeness (QED) is 0.826. The molecular formula is C15H29NO3. The van der Waals surface area contributed by atoms with E-state index < -0.39 is 0 Å². The Morgan fingerprint density at radius 2 is 1.89 bits per heavy atom. The molecule has 4 nitrogen and oxygen atoms in total. The van der Waals surface area contributed by atoms with Gasteiger partial charge in [0.25, 0.3) is 0 Å². The predicted molar refractivity (Wildman–Crippen MR) is 75.2 cm³/mol. The number of hydrogen-bond donors (Lipinski definition) is 1. The highest BCUT2D eigenvalue weighted by atomic mass is 16.5. The fourth-order valence-electron chi connectivity index (χ4n) is 3.38. The van der Waals surface area contributed by atoms with E-state index in [1.165, 1.54) is 12.8 Å². The lowest BCUT2D eigenvalue weighted by molar-refractivity contribution is -0.0872. The maximum Gasteiger partial charge on any atom is 0.0900 e. The molecule has 4 heteroatoms. The van der Waals surface area contributed by atoms with Gasteiger partial charge in [-0.1, -0.05) is 13.3 Å². The Hall–Kier alpha value is -0.160. The standard InChI is InChI=1S/C15H29NO3/c1-11-5-4-6-15(11)18-10-14(17)9-16-7-12(2)19-13(3)8-16/h11-15,17H,4-10H2,1-3H3/t11-,12-,13+,14+,15+/m0/s1. The van der Waals surface area contributed by atoms with E-state index in [2.05, 4.69) is 25.7 Å². The lowest BCUT2D eigenvalue weighted by Crippen LogP contribution is -2.48. The summed E-state index contributed by atoms with van der Waals surface area (Å²) >= 11 is 0. The van der Waals surface area contributed by atoms with Crippen molar-refractivity contribution in [1.82, 2.24) is 4.90 Å². The topological polar surface area (TPSA) is 41.9 Å². The highest BCUT2D eigenvalue weighted by Crippen LogP contribution is 2.27. The minimum Gasteiger partial charge on any atom is -0.389 e. The molecule has 0 bridgehead atoms. The van der Waals surface area contributed by atoms with Crippen LogP contribution in [0.3, 0.4) is 0 Å². The molecule has 0 aromatic rings. The Morgan fingerprint density at radius 3 is 2.47 bits per heavy atom. The van der Waals surface area contributed by atoms with Crippen molar-refractivity contribution in [2.45, 2.75) is 64.4 Å². The lowest BCUT2D eigenvalue weighted by atomic mass is 10.1. The number of rotatable bonds is 5. The normalized spacial score (nSPS) is 38.5. The van der Waals surface area contributed by atoms with Crippen LogP contribution in [0.2, 0.25) is 0 Å². The average Bonchev–Trinajstić information content (AvgIpc) is 2.71. The summed E-state index contributed by atoms with van der Waals surface area (Å²) in [6.07, 6.45) is 4.17. The monoisotopic (exact) mass is 271 g/mol. The molecule has 1 aliphatic carbocycles. The van der Waals surface area contributed by atoms with Gasteiger partial charge in [-0.05, 0) is 32.6 Å². The summed E-state index contributed by atoms with van der Waals surface area (Å²) in [4.78, 5) is 2.28. The zero-order valence-corrected chi connectivity index (χ0v) is 12.5. The number of hydrogen-bond acceptors (Lipinski definition) is 4. The summed E-state index contributed by atoms with van der Waals surface area (Å²) in [6.45, 7) is 9.39. The van der Waals surface area contributed by atoms with Crippen LogP contribution in [0.4, 0.5) is 0 Å². The largest absolute Gasteiger partial charge is 0.389 e. The predicted octanol–water partition coefficient (Wildman–Crippen LogP) is 1.66. The van der Waals surface area contributed by atoms with E-state index in [0.717, 1.165) is 19.5 Å². The molecule has 0 unspecified atom stereocenters. The zero-order valence-electron chi connectivity index (χ0n) is 12.5. The third-order valence-corrected chi connectivity index (χ3v) is 4.25. The second kappa shape index (κ2) is 7.02. The van der Waals surface area contributed by atoms with E-state index in [0.29, 0.717) is 25.2 Å². The van der Waals surface area contributed by atoms with Gasteiger partial charge in [-0.2, -0.15) is 0 Å². The summed E-state index contributed by atoms with van der Waals surface area (Å²) in [6, 6.07) is 0. The SMILES string of the molecule is C[C@@H]1CN(C[C@@H](O)CO[C@@H]2CCC[C@@H]2C)C[C@H](C)O1. The van der Waals surface area contributed by atoms with Crippen LogP contribution in [0.15, 0.2) is 0 Å². The van der Waals surface area contributed by atoms with Crippen LogP contribution in [-0.4, -0.2) is 60.7 Å². The van der Waals surface area contributed by atoms with E-state index in [-0.39, 0.29) is 18.3 Å². The molecular weight excluding hydrogens is 242 g/mol. The van der Waals surface area contributed by atoms with Crippen molar-refractivity contribution in [3.8, 4) is 0 Å². The van der Waals surface area contributed by atoms with Crippen molar-refractivity contribution in [2.75, 3.05) is 26.2 Å². The van der Waals surface area contributed by atoms with Gasteiger partial charge in [0.05, 0.1) is 31.0 Å². The van der Waals surface area contributed by atoms with Crippen molar-refractivity contribution in [1.29, 1.82) is 0 Å². The number of nitrogens with zero attached hydrogens (tertiary/aromatic N) is 1. The third kappa shape index (κ3) is 4.71. The van der Waals surface area contributed by atoms with E-state index in [4.69, 9.17) is 9.47 Å². The van der Waals surface area contributed by atoms with Crippen LogP contribution in [-0.2, 0) is 9.47 Å². The minimum absolute atomic E-state index is 0.256. The highest BCUT2D eigenvalue weighted by Gasteiger charge is 2.26. The van der Waals surface area contributed by atoms with Crippen LogP contribution in [0.25, 0.3) is 0 Å². The van der Waals surface area contributed by atoms with Crippen LogP contribution in [0, 0.1) is 5.92 Å². The summed E-state index contributed by atoms with van der Waals surface area (Å²) in [5.41, 5.74) is 0. The summed E-state index contributed by atoms with van der Waals surface area (Å²) in [5, 5.41) is 10.1. The number of β-amino-alcohol motifs (C(OH)–C–C–N with tert-alkyl or cyclic N) is 1. The first-order valence-electron chi connectivity index (χ1n) is 7.72. The molecule has 0 amide bonds. The molecule has 112 valence electrons. The molecule has 0 aromatic heterocycles. The first-order valence-corrected chi connectivity index (χ1v) is 7.72. The van der Waals surface area contributed by atoms with Crippen molar-refractivity contribution in [2.24, 2.45) is 5.92 Å². The molecule has 2 aliphatic rings. The summed E-state index contributed by atoms with van der Waals surface area (Å²) < 4.78 is 11.6. The fraction of sp³-hybridized carbons (Fsp3) is 1.00. The van der Waals surface area contributed by atoms with Crippen LogP contribution < -0.4 is 0 Å². The van der Waals surface area contributed by atoms with Crippen molar-refractivity contribution < 1.29 is 14.6 Å². The van der Waals surface area contributed by atoms with E-state index >= 15 is 0 Å². The summed E-state index contributed by atoms with van der Waals surface area (Å²) in [5.74, 6) is 0.649. The molecule has 1 N–H and O–H groups in total. The maximum atomic E-state index is 10.1. The molecule has 5 atom stereocenters.